The first-order valence-electron chi connectivity index (χ1n) is 4.88. The number of carbonyl (C=O) groups excluding carboxylic acids is 1. The fourth-order valence-electron chi connectivity index (χ4n) is 1.02. The summed E-state index contributed by atoms with van der Waals surface area (Å²) in [6.07, 6.45) is -0.877. The Hall–Kier alpha value is -0.690. The first kappa shape index (κ1) is 14.3. The topological polar surface area (TPSA) is 82.8 Å². The lowest BCUT2D eigenvalue weighted by Crippen LogP contribution is -2.44. The lowest BCUT2D eigenvalue weighted by molar-refractivity contribution is -0.143. The fourth-order valence-corrected chi connectivity index (χ4v) is 1.02. The van der Waals surface area contributed by atoms with E-state index < -0.39 is 12.0 Å². The third kappa shape index (κ3) is 6.40. The van der Waals surface area contributed by atoms with Crippen molar-refractivity contribution < 1.29 is 19.0 Å². The van der Waals surface area contributed by atoms with Crippen molar-refractivity contribution in [2.24, 2.45) is 5.84 Å². The molecule has 0 aliphatic rings. The van der Waals surface area contributed by atoms with E-state index in [2.05, 4.69) is 0 Å². The minimum atomic E-state index is -0.699. The van der Waals surface area contributed by atoms with Gasteiger partial charge in [0.1, 0.15) is 0 Å². The van der Waals surface area contributed by atoms with Gasteiger partial charge in [-0.1, -0.05) is 0 Å². The molecule has 2 unspecified atom stereocenters. The van der Waals surface area contributed by atoms with Crippen LogP contribution < -0.4 is 11.3 Å². The zero-order chi connectivity index (χ0) is 11.7. The minimum Gasteiger partial charge on any atom is -0.381 e. The number of methoxy groups -OCH3 is 1. The molecule has 0 aliphatic heterocycles. The second-order valence-electron chi connectivity index (χ2n) is 3.06. The van der Waals surface area contributed by atoms with Gasteiger partial charge in [-0.25, -0.2) is 5.84 Å². The van der Waals surface area contributed by atoms with Gasteiger partial charge in [0.25, 0.3) is 5.91 Å². The number of hydrogen-bond acceptors (Lipinski definition) is 5. The van der Waals surface area contributed by atoms with Gasteiger partial charge in [-0.05, 0) is 13.8 Å². The predicted octanol–water partition coefficient (Wildman–Crippen LogP) is -0.567. The van der Waals surface area contributed by atoms with Gasteiger partial charge in [-0.2, -0.15) is 0 Å². The van der Waals surface area contributed by atoms with Gasteiger partial charge in [-0.15, -0.1) is 0 Å². The van der Waals surface area contributed by atoms with Crippen molar-refractivity contribution in [3.05, 3.63) is 0 Å². The zero-order valence-corrected chi connectivity index (χ0v) is 9.49. The average Bonchev–Trinajstić information content (AvgIpc) is 2.24. The summed E-state index contributed by atoms with van der Waals surface area (Å²) in [4.78, 5) is 11.2. The van der Waals surface area contributed by atoms with E-state index in [0.717, 1.165) is 0 Å². The molecule has 0 spiro atoms. The standard InChI is InChI=1S/C9H20N2O4/c1-4-14-5-7(2)15-8(6-13-3)9(12)11-10/h7-8H,4-6,10H2,1-3H3,(H,11,12). The molecule has 0 bridgehead atoms. The minimum absolute atomic E-state index is 0.166. The van der Waals surface area contributed by atoms with Gasteiger partial charge in [0.2, 0.25) is 0 Å². The third-order valence-electron chi connectivity index (χ3n) is 1.71. The van der Waals surface area contributed by atoms with Crippen molar-refractivity contribution in [2.45, 2.75) is 26.1 Å². The quantitative estimate of drug-likeness (QED) is 0.325. The number of rotatable bonds is 8. The summed E-state index contributed by atoms with van der Waals surface area (Å²) in [5.41, 5.74) is 2.03. The Labute approximate surface area is 90.0 Å². The highest BCUT2D eigenvalue weighted by Gasteiger charge is 2.20. The third-order valence-corrected chi connectivity index (χ3v) is 1.71. The molecule has 6 heteroatoms. The molecule has 0 heterocycles. The maximum Gasteiger partial charge on any atom is 0.265 e. The molecule has 0 aromatic carbocycles. The SMILES string of the molecule is CCOCC(C)OC(COC)C(=O)NN. The van der Waals surface area contributed by atoms with Crippen LogP contribution in [-0.4, -0.2) is 45.0 Å². The van der Waals surface area contributed by atoms with Crippen molar-refractivity contribution in [1.82, 2.24) is 5.43 Å². The Morgan fingerprint density at radius 1 is 1.47 bits per heavy atom. The number of hydrogen-bond donors (Lipinski definition) is 2. The van der Waals surface area contributed by atoms with E-state index in [0.29, 0.717) is 13.2 Å². The Morgan fingerprint density at radius 3 is 2.60 bits per heavy atom. The Bertz CT molecular complexity index is 177. The average molecular weight is 220 g/mol. The van der Waals surface area contributed by atoms with Crippen LogP contribution in [0.5, 0.6) is 0 Å². The zero-order valence-electron chi connectivity index (χ0n) is 9.49. The van der Waals surface area contributed by atoms with Crippen LogP contribution in [0.3, 0.4) is 0 Å². The molecule has 0 saturated heterocycles. The molecule has 6 nitrogen and oxygen atoms in total. The molecule has 2 atom stereocenters. The van der Waals surface area contributed by atoms with Gasteiger partial charge in [0.15, 0.2) is 6.10 Å². The van der Waals surface area contributed by atoms with Crippen molar-refractivity contribution in [2.75, 3.05) is 26.9 Å². The van der Waals surface area contributed by atoms with E-state index in [1.165, 1.54) is 7.11 Å². The molecule has 1 amide bonds. The Balaban J connectivity index is 3.97. The van der Waals surface area contributed by atoms with Crippen LogP contribution in [0.1, 0.15) is 13.8 Å². The van der Waals surface area contributed by atoms with Gasteiger partial charge < -0.3 is 14.2 Å². The number of nitrogens with one attached hydrogen (secondary N) is 1. The van der Waals surface area contributed by atoms with Crippen molar-refractivity contribution in [1.29, 1.82) is 0 Å². The van der Waals surface area contributed by atoms with E-state index in [1.807, 2.05) is 19.3 Å². The molecule has 3 N–H and O–H groups in total. The second-order valence-corrected chi connectivity index (χ2v) is 3.06. The van der Waals surface area contributed by atoms with Crippen LogP contribution in [0, 0.1) is 0 Å². The number of amides is 1. The summed E-state index contributed by atoms with van der Waals surface area (Å²) in [5.74, 6) is 4.61. The van der Waals surface area contributed by atoms with Crippen LogP contribution >= 0.6 is 0 Å². The number of ether oxygens (including phenoxy) is 3. The highest BCUT2D eigenvalue weighted by molar-refractivity contribution is 5.80. The number of nitrogens with two attached hydrogens (primary N) is 1. The first-order chi connectivity index (χ1) is 7.15. The molecule has 0 aromatic heterocycles. The summed E-state index contributed by atoms with van der Waals surface area (Å²) < 4.78 is 15.4. The maximum atomic E-state index is 11.2. The fraction of sp³-hybridized carbons (Fsp3) is 0.889. The van der Waals surface area contributed by atoms with E-state index in [-0.39, 0.29) is 12.7 Å². The van der Waals surface area contributed by atoms with Crippen LogP contribution in [-0.2, 0) is 19.0 Å². The van der Waals surface area contributed by atoms with Gasteiger partial charge in [-0.3, -0.25) is 10.2 Å². The highest BCUT2D eigenvalue weighted by Crippen LogP contribution is 2.00. The van der Waals surface area contributed by atoms with E-state index in [1.54, 1.807) is 0 Å². The van der Waals surface area contributed by atoms with E-state index >= 15 is 0 Å². The molecule has 15 heavy (non-hydrogen) atoms. The Kier molecular flexibility index (Phi) is 8.21. The number of hydrazine groups is 1. The molecular weight excluding hydrogens is 200 g/mol. The lowest BCUT2D eigenvalue weighted by atomic mass is 10.3. The maximum absolute atomic E-state index is 11.2. The molecule has 0 fully saturated rings. The normalized spacial score (nSPS) is 14.7. The predicted molar refractivity (Wildman–Crippen MR) is 55.0 cm³/mol. The smallest absolute Gasteiger partial charge is 0.265 e. The molecule has 0 radical (unpaired) electrons. The highest BCUT2D eigenvalue weighted by atomic mass is 16.6. The second kappa shape index (κ2) is 8.60. The van der Waals surface area contributed by atoms with Gasteiger partial charge in [0.05, 0.1) is 19.3 Å². The summed E-state index contributed by atoms with van der Waals surface area (Å²) in [7, 11) is 1.49. The van der Waals surface area contributed by atoms with E-state index in [9.17, 15) is 4.79 Å². The van der Waals surface area contributed by atoms with Crippen molar-refractivity contribution in [3.8, 4) is 0 Å². The van der Waals surface area contributed by atoms with Gasteiger partial charge >= 0.3 is 0 Å². The monoisotopic (exact) mass is 220 g/mol. The first-order valence-corrected chi connectivity index (χ1v) is 4.88. The molecule has 0 saturated carbocycles. The van der Waals surface area contributed by atoms with Crippen LogP contribution in [0.2, 0.25) is 0 Å². The molecule has 90 valence electrons. The number of carbonyl (C=O) groups is 1. The summed E-state index contributed by atoms with van der Waals surface area (Å²) in [6, 6.07) is 0. The molecule has 0 aromatic rings. The summed E-state index contributed by atoms with van der Waals surface area (Å²) >= 11 is 0. The van der Waals surface area contributed by atoms with Crippen LogP contribution in [0.4, 0.5) is 0 Å². The molecule has 0 rings (SSSR count). The van der Waals surface area contributed by atoms with Crippen LogP contribution in [0.15, 0.2) is 0 Å². The van der Waals surface area contributed by atoms with Gasteiger partial charge in [0, 0.05) is 13.7 Å². The lowest BCUT2D eigenvalue weighted by Gasteiger charge is -2.20. The summed E-state index contributed by atoms with van der Waals surface area (Å²) in [5, 5.41) is 0. The summed E-state index contributed by atoms with van der Waals surface area (Å²) in [6.45, 7) is 4.94. The Morgan fingerprint density at radius 2 is 2.13 bits per heavy atom. The largest absolute Gasteiger partial charge is 0.381 e. The van der Waals surface area contributed by atoms with Crippen molar-refractivity contribution >= 4 is 5.91 Å². The van der Waals surface area contributed by atoms with E-state index in [4.69, 9.17) is 20.1 Å². The molecular formula is C9H20N2O4. The molecule has 0 aliphatic carbocycles. The van der Waals surface area contributed by atoms with Crippen molar-refractivity contribution in [3.63, 3.8) is 0 Å². The van der Waals surface area contributed by atoms with Crippen LogP contribution in [0.25, 0.3) is 0 Å².